The molecular weight excluding hydrogens is 765 g/mol. The lowest BCUT2D eigenvalue weighted by Crippen LogP contribution is -2.30. The molecule has 0 radical (unpaired) electrons. The molecule has 2 N–H and O–H groups in total. The molecule has 2 fully saturated rings. The maximum Gasteiger partial charge on any atom is 0.330 e. The maximum atomic E-state index is 12.9. The summed E-state index contributed by atoms with van der Waals surface area (Å²) in [7, 11) is 3.51. The Balaban J connectivity index is 0.000000154. The van der Waals surface area contributed by atoms with Crippen molar-refractivity contribution < 1.29 is 9.47 Å². The summed E-state index contributed by atoms with van der Waals surface area (Å²) in [5, 5.41) is 6.59. The van der Waals surface area contributed by atoms with E-state index in [9.17, 15) is 9.59 Å². The number of aryl methyl sites for hydroxylation is 6. The molecule has 18 nitrogen and oxygen atoms in total. The Morgan fingerprint density at radius 1 is 0.533 bits per heavy atom. The van der Waals surface area contributed by atoms with Crippen molar-refractivity contribution in [3.63, 3.8) is 0 Å². The Morgan fingerprint density at radius 2 is 0.933 bits per heavy atom. The normalized spacial score (nSPS) is 15.2. The standard InChI is InChI=1S/2C21H23N7O2/c1-12-8-17-16(22-10-13(2)24-17)9-15(12)25-20-23-11-18-19(26-20)28(21(29)27(18)3)14-4-6-30-7-5-14;1-12-8-16-17(24-13(2)10-22-16)9-15(12)25-20-23-11-18-19(26-20)28(21(29)27(18)3)14-4-6-30-7-5-14/h2*8-11,14H,4-7H2,1-3H3,(H,23,25,26). The van der Waals surface area contributed by atoms with Crippen LogP contribution < -0.4 is 22.0 Å². The Bertz CT molecular complexity index is 3050. The van der Waals surface area contributed by atoms with Gasteiger partial charge in [0.15, 0.2) is 11.3 Å². The van der Waals surface area contributed by atoms with E-state index in [2.05, 4.69) is 40.5 Å². The van der Waals surface area contributed by atoms with Gasteiger partial charge in [0.1, 0.15) is 11.0 Å². The molecule has 308 valence electrons. The van der Waals surface area contributed by atoms with Crippen molar-refractivity contribution in [2.45, 2.75) is 65.5 Å². The first-order valence-electron chi connectivity index (χ1n) is 20.1. The van der Waals surface area contributed by atoms with Crippen LogP contribution in [0.1, 0.15) is 60.3 Å². The summed E-state index contributed by atoms with van der Waals surface area (Å²) < 4.78 is 17.7. The second-order valence-electron chi connectivity index (χ2n) is 15.5. The molecule has 0 unspecified atom stereocenters. The summed E-state index contributed by atoms with van der Waals surface area (Å²) in [6.07, 6.45) is 10.1. The highest BCUT2D eigenvalue weighted by Gasteiger charge is 2.25. The summed E-state index contributed by atoms with van der Waals surface area (Å²) in [6.45, 7) is 10.5. The van der Waals surface area contributed by atoms with Gasteiger partial charge in [0.2, 0.25) is 11.9 Å². The zero-order valence-electron chi connectivity index (χ0n) is 34.4. The van der Waals surface area contributed by atoms with Gasteiger partial charge in [-0.25, -0.2) is 29.5 Å². The van der Waals surface area contributed by atoms with E-state index < -0.39 is 0 Å². The highest BCUT2D eigenvalue weighted by Crippen LogP contribution is 2.29. The van der Waals surface area contributed by atoms with Crippen molar-refractivity contribution >= 4 is 67.7 Å². The fourth-order valence-corrected chi connectivity index (χ4v) is 7.96. The molecule has 0 atom stereocenters. The van der Waals surface area contributed by atoms with Gasteiger partial charge < -0.3 is 20.1 Å². The number of anilines is 4. The van der Waals surface area contributed by atoms with Crippen molar-refractivity contribution in [3.8, 4) is 0 Å². The number of fused-ring (bicyclic) bond motifs is 4. The van der Waals surface area contributed by atoms with Crippen LogP contribution in [0.5, 0.6) is 0 Å². The minimum absolute atomic E-state index is 0.0732. The molecule has 10 rings (SSSR count). The highest BCUT2D eigenvalue weighted by molar-refractivity contribution is 5.83. The molecule has 0 saturated carbocycles. The van der Waals surface area contributed by atoms with Crippen molar-refractivity contribution in [2.75, 3.05) is 37.1 Å². The van der Waals surface area contributed by atoms with E-state index in [4.69, 9.17) is 19.4 Å². The molecule has 0 aliphatic carbocycles. The van der Waals surface area contributed by atoms with E-state index in [1.54, 1.807) is 57.2 Å². The molecule has 6 aromatic heterocycles. The first-order chi connectivity index (χ1) is 29.0. The number of imidazole rings is 2. The molecule has 8 heterocycles. The summed E-state index contributed by atoms with van der Waals surface area (Å²) in [4.78, 5) is 62.0. The molecule has 2 aliphatic heterocycles. The number of nitrogens with zero attached hydrogens (tertiary/aromatic N) is 12. The monoisotopic (exact) mass is 810 g/mol. The fourth-order valence-electron chi connectivity index (χ4n) is 7.96. The van der Waals surface area contributed by atoms with Crippen molar-refractivity contribution in [1.29, 1.82) is 0 Å². The zero-order chi connectivity index (χ0) is 41.7. The van der Waals surface area contributed by atoms with Crippen LogP contribution in [0, 0.1) is 27.7 Å². The molecule has 8 aromatic rings. The molecule has 2 aromatic carbocycles. The van der Waals surface area contributed by atoms with Gasteiger partial charge in [0.05, 0.1) is 45.8 Å². The lowest BCUT2D eigenvalue weighted by atomic mass is 10.1. The quantitative estimate of drug-likeness (QED) is 0.211. The lowest BCUT2D eigenvalue weighted by molar-refractivity contribution is 0.0694. The molecule has 18 heteroatoms. The summed E-state index contributed by atoms with van der Waals surface area (Å²) in [5.41, 5.74) is 11.4. The Morgan fingerprint density at radius 3 is 1.40 bits per heavy atom. The summed E-state index contributed by atoms with van der Waals surface area (Å²) in [6, 6.07) is 8.05. The number of ether oxygens (including phenoxy) is 2. The Labute approximate surface area is 343 Å². The third-order valence-corrected chi connectivity index (χ3v) is 11.3. The van der Waals surface area contributed by atoms with Gasteiger partial charge in [-0.1, -0.05) is 0 Å². The van der Waals surface area contributed by atoms with E-state index in [1.807, 2.05) is 52.0 Å². The van der Waals surface area contributed by atoms with Crippen LogP contribution in [0.4, 0.5) is 23.3 Å². The maximum absolute atomic E-state index is 12.9. The van der Waals surface area contributed by atoms with Crippen LogP contribution in [-0.4, -0.2) is 84.6 Å². The first-order valence-corrected chi connectivity index (χ1v) is 20.1. The fraction of sp³-hybridized carbons (Fsp3) is 0.381. The third-order valence-electron chi connectivity index (χ3n) is 11.3. The van der Waals surface area contributed by atoms with Gasteiger partial charge in [0, 0.05) is 76.4 Å². The number of benzene rings is 2. The van der Waals surface area contributed by atoms with Crippen molar-refractivity contribution in [2.24, 2.45) is 14.1 Å². The third kappa shape index (κ3) is 7.32. The second-order valence-corrected chi connectivity index (χ2v) is 15.5. The second kappa shape index (κ2) is 15.8. The summed E-state index contributed by atoms with van der Waals surface area (Å²) in [5.74, 6) is 0.883. The average molecular weight is 811 g/mol. The predicted molar refractivity (Wildman–Crippen MR) is 228 cm³/mol. The summed E-state index contributed by atoms with van der Waals surface area (Å²) >= 11 is 0. The number of rotatable bonds is 6. The van der Waals surface area contributed by atoms with E-state index in [-0.39, 0.29) is 23.5 Å². The van der Waals surface area contributed by atoms with Crippen molar-refractivity contribution in [3.05, 3.63) is 92.5 Å². The van der Waals surface area contributed by atoms with Crippen LogP contribution in [0.25, 0.3) is 44.4 Å². The smallest absolute Gasteiger partial charge is 0.330 e. The van der Waals surface area contributed by atoms with Crippen LogP contribution in [0.2, 0.25) is 0 Å². The molecule has 0 amide bonds. The van der Waals surface area contributed by atoms with Crippen LogP contribution in [-0.2, 0) is 23.6 Å². The van der Waals surface area contributed by atoms with E-state index in [0.29, 0.717) is 60.7 Å². The highest BCUT2D eigenvalue weighted by atomic mass is 16.5. The van der Waals surface area contributed by atoms with E-state index in [1.165, 1.54) is 0 Å². The minimum Gasteiger partial charge on any atom is -0.381 e. The van der Waals surface area contributed by atoms with Crippen LogP contribution in [0.3, 0.4) is 0 Å². The number of hydrogen-bond donors (Lipinski definition) is 2. The SMILES string of the molecule is Cc1cnc2cc(C)c(Nc3ncc4c(n3)n(C3CCOCC3)c(=O)n4C)cc2n1.Cc1cnc2cc(Nc3ncc4c(n3)n(C3CCOCC3)c(=O)n4C)c(C)cc2n1. The number of aromatic nitrogens is 12. The molecule has 2 aliphatic rings. The topological polar surface area (TPSA) is 200 Å². The molecule has 2 saturated heterocycles. The number of hydrogen-bond acceptors (Lipinski definition) is 14. The zero-order valence-corrected chi connectivity index (χ0v) is 34.4. The van der Waals surface area contributed by atoms with Gasteiger partial charge in [-0.15, -0.1) is 0 Å². The van der Waals surface area contributed by atoms with Gasteiger partial charge >= 0.3 is 11.4 Å². The molecule has 0 spiro atoms. The predicted octanol–water partition coefficient (Wildman–Crippen LogP) is 5.57. The van der Waals surface area contributed by atoms with Gasteiger partial charge in [0.25, 0.3) is 0 Å². The average Bonchev–Trinajstić information content (AvgIpc) is 3.65. The molecule has 0 bridgehead atoms. The van der Waals surface area contributed by atoms with E-state index >= 15 is 0 Å². The van der Waals surface area contributed by atoms with Crippen molar-refractivity contribution in [1.82, 2.24) is 58.1 Å². The first kappa shape index (κ1) is 38.8. The van der Waals surface area contributed by atoms with Gasteiger partial charge in [-0.05, 0) is 88.8 Å². The van der Waals surface area contributed by atoms with Gasteiger partial charge in [-0.2, -0.15) is 9.97 Å². The van der Waals surface area contributed by atoms with Gasteiger partial charge in [-0.3, -0.25) is 28.2 Å². The number of nitrogens with one attached hydrogen (secondary N) is 2. The molecule has 60 heavy (non-hydrogen) atoms. The lowest BCUT2D eigenvalue weighted by Gasteiger charge is -2.22. The van der Waals surface area contributed by atoms with E-state index in [0.717, 1.165) is 81.6 Å². The minimum atomic E-state index is -0.0733. The Kier molecular flexibility index (Phi) is 10.2. The molecular formula is C42H46N14O4. The van der Waals surface area contributed by atoms with Crippen LogP contribution in [0.15, 0.2) is 58.6 Å². The van der Waals surface area contributed by atoms with Crippen LogP contribution >= 0.6 is 0 Å². The largest absolute Gasteiger partial charge is 0.381 e. The Hall–Kier alpha value is -6.66.